The standard InChI is InChI=1S/C11H14O4/c1-7(12)8(2)15-11(14)9-3-5-10(13)6-4-9/h3-8,12-13H,1-2H3. The maximum atomic E-state index is 11.5. The summed E-state index contributed by atoms with van der Waals surface area (Å²) in [6.45, 7) is 3.16. The Bertz CT molecular complexity index is 329. The van der Waals surface area contributed by atoms with E-state index in [9.17, 15) is 4.79 Å². The first-order chi connectivity index (χ1) is 7.00. The summed E-state index contributed by atoms with van der Waals surface area (Å²) in [6, 6.07) is 5.74. The second-order valence-corrected chi connectivity index (χ2v) is 3.40. The van der Waals surface area contributed by atoms with Gasteiger partial charge in [0.05, 0.1) is 11.7 Å². The number of hydrogen-bond donors (Lipinski definition) is 2. The summed E-state index contributed by atoms with van der Waals surface area (Å²) in [4.78, 5) is 11.5. The summed E-state index contributed by atoms with van der Waals surface area (Å²) in [7, 11) is 0. The highest BCUT2D eigenvalue weighted by molar-refractivity contribution is 5.89. The van der Waals surface area contributed by atoms with Crippen molar-refractivity contribution in [2.24, 2.45) is 0 Å². The van der Waals surface area contributed by atoms with Gasteiger partial charge in [0.25, 0.3) is 0 Å². The van der Waals surface area contributed by atoms with Crippen LogP contribution in [0.3, 0.4) is 0 Å². The second kappa shape index (κ2) is 4.79. The van der Waals surface area contributed by atoms with Crippen LogP contribution >= 0.6 is 0 Å². The highest BCUT2D eigenvalue weighted by Crippen LogP contribution is 2.11. The van der Waals surface area contributed by atoms with E-state index < -0.39 is 18.2 Å². The number of phenols is 1. The van der Waals surface area contributed by atoms with Gasteiger partial charge in [-0.1, -0.05) is 0 Å². The van der Waals surface area contributed by atoms with Crippen LogP contribution in [0.15, 0.2) is 24.3 Å². The van der Waals surface area contributed by atoms with Crippen LogP contribution in [0.1, 0.15) is 24.2 Å². The monoisotopic (exact) mass is 210 g/mol. The number of carbonyl (C=O) groups is 1. The Morgan fingerprint density at radius 2 is 1.80 bits per heavy atom. The summed E-state index contributed by atoms with van der Waals surface area (Å²) in [5.74, 6) is -0.418. The fourth-order valence-electron chi connectivity index (χ4n) is 0.933. The molecule has 0 heterocycles. The van der Waals surface area contributed by atoms with Crippen LogP contribution in [0, 0.1) is 0 Å². The van der Waals surface area contributed by atoms with Gasteiger partial charge in [-0.3, -0.25) is 0 Å². The normalized spacial score (nSPS) is 14.3. The first-order valence-corrected chi connectivity index (χ1v) is 4.69. The number of aliphatic hydroxyl groups is 1. The second-order valence-electron chi connectivity index (χ2n) is 3.40. The van der Waals surface area contributed by atoms with Crippen LogP contribution in [0.25, 0.3) is 0 Å². The lowest BCUT2D eigenvalue weighted by molar-refractivity contribution is -0.00469. The van der Waals surface area contributed by atoms with Crippen molar-refractivity contribution in [1.29, 1.82) is 0 Å². The molecular weight excluding hydrogens is 196 g/mol. The maximum absolute atomic E-state index is 11.5. The van der Waals surface area contributed by atoms with E-state index in [1.807, 2.05) is 0 Å². The van der Waals surface area contributed by atoms with Gasteiger partial charge >= 0.3 is 5.97 Å². The molecule has 0 aromatic heterocycles. The van der Waals surface area contributed by atoms with Gasteiger partial charge < -0.3 is 14.9 Å². The largest absolute Gasteiger partial charge is 0.508 e. The molecule has 0 aliphatic heterocycles. The van der Waals surface area contributed by atoms with Crippen molar-refractivity contribution in [3.8, 4) is 5.75 Å². The van der Waals surface area contributed by atoms with E-state index >= 15 is 0 Å². The molecule has 0 radical (unpaired) electrons. The van der Waals surface area contributed by atoms with Crippen LogP contribution in [0.2, 0.25) is 0 Å². The van der Waals surface area contributed by atoms with E-state index in [1.165, 1.54) is 24.3 Å². The van der Waals surface area contributed by atoms with Crippen molar-refractivity contribution in [2.45, 2.75) is 26.1 Å². The summed E-state index contributed by atoms with van der Waals surface area (Å²) >= 11 is 0. The number of rotatable bonds is 3. The molecule has 4 nitrogen and oxygen atoms in total. The lowest BCUT2D eigenvalue weighted by Gasteiger charge is -2.15. The molecule has 0 fully saturated rings. The van der Waals surface area contributed by atoms with Crippen LogP contribution < -0.4 is 0 Å². The first kappa shape index (κ1) is 11.5. The van der Waals surface area contributed by atoms with Gasteiger partial charge in [-0.2, -0.15) is 0 Å². The molecule has 0 spiro atoms. The molecule has 0 amide bonds. The molecule has 4 heteroatoms. The third-order valence-electron chi connectivity index (χ3n) is 2.08. The van der Waals surface area contributed by atoms with Gasteiger partial charge in [-0.15, -0.1) is 0 Å². The molecule has 1 aromatic rings. The number of hydrogen-bond acceptors (Lipinski definition) is 4. The fourth-order valence-corrected chi connectivity index (χ4v) is 0.933. The number of aliphatic hydroxyl groups excluding tert-OH is 1. The summed E-state index contributed by atoms with van der Waals surface area (Å²) in [6.07, 6.45) is -1.25. The van der Waals surface area contributed by atoms with Gasteiger partial charge in [-0.25, -0.2) is 4.79 Å². The van der Waals surface area contributed by atoms with E-state index in [1.54, 1.807) is 13.8 Å². The third-order valence-corrected chi connectivity index (χ3v) is 2.08. The molecule has 2 unspecified atom stereocenters. The molecule has 1 aromatic carbocycles. The number of aromatic hydroxyl groups is 1. The summed E-state index contributed by atoms with van der Waals surface area (Å²) < 4.78 is 4.97. The number of esters is 1. The number of carbonyl (C=O) groups excluding carboxylic acids is 1. The molecule has 82 valence electrons. The fraction of sp³-hybridized carbons (Fsp3) is 0.364. The van der Waals surface area contributed by atoms with Crippen molar-refractivity contribution < 1.29 is 19.7 Å². The molecule has 0 saturated heterocycles. The summed E-state index contributed by atoms with van der Waals surface area (Å²) in [5.41, 5.74) is 0.348. The van der Waals surface area contributed by atoms with Gasteiger partial charge in [0.2, 0.25) is 0 Å². The van der Waals surface area contributed by atoms with Crippen molar-refractivity contribution >= 4 is 5.97 Å². The first-order valence-electron chi connectivity index (χ1n) is 4.69. The highest BCUT2D eigenvalue weighted by atomic mass is 16.6. The molecule has 2 atom stereocenters. The lowest BCUT2D eigenvalue weighted by atomic mass is 10.2. The topological polar surface area (TPSA) is 66.8 Å². The average molecular weight is 210 g/mol. The van der Waals surface area contributed by atoms with Crippen molar-refractivity contribution in [3.63, 3.8) is 0 Å². The van der Waals surface area contributed by atoms with E-state index in [4.69, 9.17) is 14.9 Å². The Kier molecular flexibility index (Phi) is 3.68. The minimum absolute atomic E-state index is 0.0927. The smallest absolute Gasteiger partial charge is 0.338 e. The number of benzene rings is 1. The minimum Gasteiger partial charge on any atom is -0.508 e. The highest BCUT2D eigenvalue weighted by Gasteiger charge is 2.15. The Hall–Kier alpha value is -1.55. The Labute approximate surface area is 88.1 Å². The van der Waals surface area contributed by atoms with Crippen molar-refractivity contribution in [1.82, 2.24) is 0 Å². The SMILES string of the molecule is CC(O)C(C)OC(=O)c1ccc(O)cc1. The van der Waals surface area contributed by atoms with E-state index in [-0.39, 0.29) is 5.75 Å². The Balaban J connectivity index is 2.65. The van der Waals surface area contributed by atoms with E-state index in [2.05, 4.69) is 0 Å². The molecule has 1 rings (SSSR count). The molecular formula is C11H14O4. The summed E-state index contributed by atoms with van der Waals surface area (Å²) in [5, 5.41) is 18.2. The zero-order valence-corrected chi connectivity index (χ0v) is 8.68. The minimum atomic E-state index is -0.703. The number of phenolic OH excluding ortho intramolecular Hbond substituents is 1. The molecule has 2 N–H and O–H groups in total. The third kappa shape index (κ3) is 3.25. The van der Waals surface area contributed by atoms with Crippen molar-refractivity contribution in [3.05, 3.63) is 29.8 Å². The maximum Gasteiger partial charge on any atom is 0.338 e. The quantitative estimate of drug-likeness (QED) is 0.738. The van der Waals surface area contributed by atoms with Gasteiger partial charge in [0, 0.05) is 0 Å². The Morgan fingerprint density at radius 1 is 1.27 bits per heavy atom. The predicted molar refractivity (Wildman–Crippen MR) is 54.7 cm³/mol. The van der Waals surface area contributed by atoms with Crippen LogP contribution in [0.4, 0.5) is 0 Å². The molecule has 0 aliphatic rings. The van der Waals surface area contributed by atoms with Crippen LogP contribution in [-0.4, -0.2) is 28.4 Å². The molecule has 15 heavy (non-hydrogen) atoms. The Morgan fingerprint density at radius 3 is 2.27 bits per heavy atom. The van der Waals surface area contributed by atoms with E-state index in [0.29, 0.717) is 5.56 Å². The van der Waals surface area contributed by atoms with Gasteiger partial charge in [0.1, 0.15) is 11.9 Å². The van der Waals surface area contributed by atoms with Crippen molar-refractivity contribution in [2.75, 3.05) is 0 Å². The zero-order valence-electron chi connectivity index (χ0n) is 8.68. The average Bonchev–Trinajstić information content (AvgIpc) is 2.18. The molecule has 0 bridgehead atoms. The lowest BCUT2D eigenvalue weighted by Crippen LogP contribution is -2.25. The van der Waals surface area contributed by atoms with Gasteiger partial charge in [-0.05, 0) is 38.1 Å². The van der Waals surface area contributed by atoms with Crippen LogP contribution in [0.5, 0.6) is 5.75 Å². The predicted octanol–water partition coefficient (Wildman–Crippen LogP) is 1.32. The number of ether oxygens (including phenoxy) is 1. The molecule has 0 aliphatic carbocycles. The zero-order chi connectivity index (χ0) is 11.4. The van der Waals surface area contributed by atoms with Crippen LogP contribution in [-0.2, 0) is 4.74 Å². The van der Waals surface area contributed by atoms with E-state index in [0.717, 1.165) is 0 Å². The van der Waals surface area contributed by atoms with Gasteiger partial charge in [0.15, 0.2) is 0 Å². The molecule has 0 saturated carbocycles.